The highest BCUT2D eigenvalue weighted by Gasteiger charge is 2.35. The summed E-state index contributed by atoms with van der Waals surface area (Å²) < 4.78 is 16.7. The lowest BCUT2D eigenvalue weighted by atomic mass is 10.0. The predicted octanol–water partition coefficient (Wildman–Crippen LogP) is 2.10. The summed E-state index contributed by atoms with van der Waals surface area (Å²) in [4.78, 5) is 5.22. The SMILES string of the molecule is CCC[C@H]1COC[C@H]2CN(Cc3ccc4c(c3)OCO4)CCN12. The first-order valence-electron chi connectivity index (χ1n) is 8.78. The van der Waals surface area contributed by atoms with E-state index in [1.54, 1.807) is 0 Å². The van der Waals surface area contributed by atoms with Crippen LogP contribution in [0.15, 0.2) is 18.2 Å². The number of ether oxygens (including phenoxy) is 3. The number of nitrogens with zero attached hydrogens (tertiary/aromatic N) is 2. The third-order valence-corrected chi connectivity index (χ3v) is 5.17. The van der Waals surface area contributed by atoms with Crippen LogP contribution in [0.4, 0.5) is 0 Å². The Morgan fingerprint density at radius 2 is 2.04 bits per heavy atom. The fourth-order valence-corrected chi connectivity index (χ4v) is 4.02. The van der Waals surface area contributed by atoms with Gasteiger partial charge in [-0.15, -0.1) is 0 Å². The predicted molar refractivity (Wildman–Crippen MR) is 87.9 cm³/mol. The Hall–Kier alpha value is -1.30. The van der Waals surface area contributed by atoms with Gasteiger partial charge in [-0.3, -0.25) is 9.80 Å². The van der Waals surface area contributed by atoms with Gasteiger partial charge in [0.2, 0.25) is 6.79 Å². The molecule has 0 bridgehead atoms. The Labute approximate surface area is 138 Å². The second kappa shape index (κ2) is 6.67. The fraction of sp³-hybridized carbons (Fsp3) is 0.667. The molecular weight excluding hydrogens is 292 g/mol. The van der Waals surface area contributed by atoms with Gasteiger partial charge in [0.1, 0.15) is 0 Å². The minimum atomic E-state index is 0.343. The Morgan fingerprint density at radius 1 is 1.13 bits per heavy atom. The maximum Gasteiger partial charge on any atom is 0.231 e. The number of hydrogen-bond donors (Lipinski definition) is 0. The molecule has 0 N–H and O–H groups in total. The molecule has 1 aromatic rings. The van der Waals surface area contributed by atoms with E-state index in [0.717, 1.165) is 50.9 Å². The molecule has 0 radical (unpaired) electrons. The van der Waals surface area contributed by atoms with Crippen molar-refractivity contribution in [2.45, 2.75) is 38.4 Å². The average molecular weight is 318 g/mol. The van der Waals surface area contributed by atoms with Crippen LogP contribution in [0.3, 0.4) is 0 Å². The van der Waals surface area contributed by atoms with E-state index in [1.807, 2.05) is 6.07 Å². The molecule has 0 unspecified atom stereocenters. The molecule has 5 nitrogen and oxygen atoms in total. The third kappa shape index (κ3) is 3.18. The molecule has 3 heterocycles. The van der Waals surface area contributed by atoms with E-state index in [1.165, 1.54) is 18.4 Å². The maximum atomic E-state index is 5.86. The summed E-state index contributed by atoms with van der Waals surface area (Å²) in [5.41, 5.74) is 1.30. The van der Waals surface area contributed by atoms with Crippen LogP contribution in [0.5, 0.6) is 11.5 Å². The van der Waals surface area contributed by atoms with Gasteiger partial charge < -0.3 is 14.2 Å². The second-order valence-corrected chi connectivity index (χ2v) is 6.79. The maximum absolute atomic E-state index is 5.86. The first kappa shape index (κ1) is 15.2. The van der Waals surface area contributed by atoms with Crippen LogP contribution in [0.1, 0.15) is 25.3 Å². The zero-order valence-electron chi connectivity index (χ0n) is 13.9. The highest BCUT2D eigenvalue weighted by molar-refractivity contribution is 5.44. The largest absolute Gasteiger partial charge is 0.454 e. The van der Waals surface area contributed by atoms with Crippen molar-refractivity contribution < 1.29 is 14.2 Å². The molecule has 0 aromatic heterocycles. The van der Waals surface area contributed by atoms with Gasteiger partial charge in [-0.25, -0.2) is 0 Å². The van der Waals surface area contributed by atoms with Crippen LogP contribution < -0.4 is 9.47 Å². The van der Waals surface area contributed by atoms with Crippen LogP contribution in [-0.4, -0.2) is 61.5 Å². The molecule has 2 fully saturated rings. The summed E-state index contributed by atoms with van der Waals surface area (Å²) in [7, 11) is 0. The Bertz CT molecular complexity index is 549. The summed E-state index contributed by atoms with van der Waals surface area (Å²) in [6.45, 7) is 8.74. The average Bonchev–Trinajstić information content (AvgIpc) is 3.03. The quantitative estimate of drug-likeness (QED) is 0.849. The van der Waals surface area contributed by atoms with E-state index < -0.39 is 0 Å². The van der Waals surface area contributed by atoms with E-state index in [4.69, 9.17) is 14.2 Å². The normalized spacial score (nSPS) is 27.9. The van der Waals surface area contributed by atoms with Gasteiger partial charge in [-0.2, -0.15) is 0 Å². The van der Waals surface area contributed by atoms with Gasteiger partial charge in [0.15, 0.2) is 11.5 Å². The molecule has 2 atom stereocenters. The van der Waals surface area contributed by atoms with E-state index in [9.17, 15) is 0 Å². The minimum absolute atomic E-state index is 0.343. The molecule has 0 aliphatic carbocycles. The van der Waals surface area contributed by atoms with Crippen LogP contribution in [0.25, 0.3) is 0 Å². The van der Waals surface area contributed by atoms with E-state index >= 15 is 0 Å². The smallest absolute Gasteiger partial charge is 0.231 e. The summed E-state index contributed by atoms with van der Waals surface area (Å²) in [5, 5.41) is 0. The van der Waals surface area contributed by atoms with Crippen molar-refractivity contribution >= 4 is 0 Å². The highest BCUT2D eigenvalue weighted by Crippen LogP contribution is 2.33. The van der Waals surface area contributed by atoms with Gasteiger partial charge in [0.25, 0.3) is 0 Å². The van der Waals surface area contributed by atoms with Crippen molar-refractivity contribution in [2.75, 3.05) is 39.6 Å². The fourth-order valence-electron chi connectivity index (χ4n) is 4.02. The number of piperazine rings is 1. The third-order valence-electron chi connectivity index (χ3n) is 5.17. The summed E-state index contributed by atoms with van der Waals surface area (Å²) >= 11 is 0. The topological polar surface area (TPSA) is 34.2 Å². The van der Waals surface area contributed by atoms with Crippen molar-refractivity contribution in [1.29, 1.82) is 0 Å². The summed E-state index contributed by atoms with van der Waals surface area (Å²) in [6, 6.07) is 7.45. The molecule has 4 rings (SSSR count). The number of fused-ring (bicyclic) bond motifs is 2. The van der Waals surface area contributed by atoms with Gasteiger partial charge in [0.05, 0.1) is 13.2 Å². The number of hydrogen-bond acceptors (Lipinski definition) is 5. The molecule has 5 heteroatoms. The molecule has 2 saturated heterocycles. The van der Waals surface area contributed by atoms with Crippen molar-refractivity contribution in [3.05, 3.63) is 23.8 Å². The number of rotatable bonds is 4. The Balaban J connectivity index is 1.38. The van der Waals surface area contributed by atoms with Crippen molar-refractivity contribution in [2.24, 2.45) is 0 Å². The molecule has 3 aliphatic heterocycles. The minimum Gasteiger partial charge on any atom is -0.454 e. The lowest BCUT2D eigenvalue weighted by molar-refractivity contribution is -0.0840. The second-order valence-electron chi connectivity index (χ2n) is 6.79. The van der Waals surface area contributed by atoms with Gasteiger partial charge >= 0.3 is 0 Å². The van der Waals surface area contributed by atoms with E-state index in [0.29, 0.717) is 18.9 Å². The first-order valence-corrected chi connectivity index (χ1v) is 8.78. The summed E-state index contributed by atoms with van der Waals surface area (Å²) in [6.07, 6.45) is 2.48. The van der Waals surface area contributed by atoms with Gasteiger partial charge in [0, 0.05) is 38.3 Å². The molecule has 0 saturated carbocycles. The first-order chi connectivity index (χ1) is 11.3. The molecular formula is C18H26N2O3. The molecule has 23 heavy (non-hydrogen) atoms. The van der Waals surface area contributed by atoms with Gasteiger partial charge in [-0.05, 0) is 24.1 Å². The van der Waals surface area contributed by atoms with Crippen LogP contribution >= 0.6 is 0 Å². The number of morpholine rings is 1. The highest BCUT2D eigenvalue weighted by atomic mass is 16.7. The summed E-state index contributed by atoms with van der Waals surface area (Å²) in [5.74, 6) is 1.74. The van der Waals surface area contributed by atoms with E-state index in [-0.39, 0.29) is 0 Å². The standard InChI is InChI=1S/C18H26N2O3/c1-2-3-15-11-21-12-16-10-19(6-7-20(15)16)9-14-4-5-17-18(8-14)23-13-22-17/h4-5,8,15-16H,2-3,6-7,9-13H2,1H3/t15-,16+/m0/s1. The van der Waals surface area contributed by atoms with Crippen LogP contribution in [0.2, 0.25) is 0 Å². The van der Waals surface area contributed by atoms with Crippen LogP contribution in [0, 0.1) is 0 Å². The molecule has 3 aliphatic rings. The van der Waals surface area contributed by atoms with Crippen molar-refractivity contribution in [3.63, 3.8) is 0 Å². The molecule has 1 aromatic carbocycles. The molecule has 0 amide bonds. The monoisotopic (exact) mass is 318 g/mol. The number of benzene rings is 1. The molecule has 0 spiro atoms. The Morgan fingerprint density at radius 3 is 2.96 bits per heavy atom. The zero-order valence-corrected chi connectivity index (χ0v) is 13.9. The lowest BCUT2D eigenvalue weighted by Gasteiger charge is -2.48. The molecule has 126 valence electrons. The Kier molecular flexibility index (Phi) is 4.42. The van der Waals surface area contributed by atoms with E-state index in [2.05, 4.69) is 28.9 Å². The van der Waals surface area contributed by atoms with Crippen LogP contribution in [-0.2, 0) is 11.3 Å². The van der Waals surface area contributed by atoms with Crippen molar-refractivity contribution in [3.8, 4) is 11.5 Å². The lowest BCUT2D eigenvalue weighted by Crippen LogP contribution is -2.61. The zero-order chi connectivity index (χ0) is 15.6. The van der Waals surface area contributed by atoms with Crippen molar-refractivity contribution in [1.82, 2.24) is 9.80 Å². The van der Waals surface area contributed by atoms with Gasteiger partial charge in [-0.1, -0.05) is 19.4 Å².